The minimum absolute atomic E-state index is 0.260. The Morgan fingerprint density at radius 1 is 1.14 bits per heavy atom. The van der Waals surface area contributed by atoms with Gasteiger partial charge in [-0.25, -0.2) is 4.63 Å². The molecule has 0 aliphatic carbocycles. The van der Waals surface area contributed by atoms with Crippen LogP contribution in [0.3, 0.4) is 0 Å². The zero-order valence-corrected chi connectivity index (χ0v) is 12.4. The van der Waals surface area contributed by atoms with Gasteiger partial charge in [0.05, 0.1) is 0 Å². The monoisotopic (exact) mass is 295 g/mol. The molecule has 1 saturated heterocycles. The van der Waals surface area contributed by atoms with Gasteiger partial charge < -0.3 is 4.74 Å². The highest BCUT2D eigenvalue weighted by atomic mass is 16.6. The molecule has 1 aliphatic heterocycles. The lowest BCUT2D eigenvalue weighted by molar-refractivity contribution is 0.0144. The molecule has 0 atom stereocenters. The largest absolute Gasteiger partial charge is 0.487 e. The van der Waals surface area contributed by atoms with E-state index in [1.165, 1.54) is 5.56 Å². The number of para-hydroxylation sites is 1. The van der Waals surface area contributed by atoms with Gasteiger partial charge in [-0.3, -0.25) is 4.90 Å². The summed E-state index contributed by atoms with van der Waals surface area (Å²) in [6, 6.07) is 14.1. The summed E-state index contributed by atoms with van der Waals surface area (Å²) < 4.78 is 10.8. The first-order chi connectivity index (χ1) is 10.8. The number of fused-ring (bicyclic) bond motifs is 1. The van der Waals surface area contributed by atoms with Crippen LogP contribution in [0.15, 0.2) is 47.1 Å². The van der Waals surface area contributed by atoms with Crippen molar-refractivity contribution in [3.63, 3.8) is 0 Å². The molecular weight excluding hydrogens is 278 g/mol. The lowest BCUT2D eigenvalue weighted by atomic mass is 10.1. The van der Waals surface area contributed by atoms with Crippen molar-refractivity contribution in [1.29, 1.82) is 0 Å². The maximum absolute atomic E-state index is 6.03. The second kappa shape index (κ2) is 5.42. The Kier molecular flexibility index (Phi) is 3.27. The Bertz CT molecular complexity index is 793. The smallest absolute Gasteiger partial charge is 0.139 e. The van der Waals surface area contributed by atoms with Gasteiger partial charge in [-0.15, -0.1) is 0 Å². The molecule has 4 rings (SSSR count). The molecular formula is C17H17N3O2. The number of likely N-dealkylation sites (tertiary alicyclic amines) is 1. The van der Waals surface area contributed by atoms with Gasteiger partial charge in [-0.2, -0.15) is 0 Å². The van der Waals surface area contributed by atoms with E-state index in [4.69, 9.17) is 9.37 Å². The number of aryl methyl sites for hydroxylation is 1. The van der Waals surface area contributed by atoms with Crippen molar-refractivity contribution in [3.05, 3.63) is 53.6 Å². The standard InChI is InChI=1S/C17H17N3O2/c1-12-5-2-3-8-16(12)21-14-10-20(11-14)9-13-6-4-7-15-17(13)19-22-18-15/h2-8,14H,9-11H2,1H3. The molecule has 112 valence electrons. The summed E-state index contributed by atoms with van der Waals surface area (Å²) >= 11 is 0. The van der Waals surface area contributed by atoms with E-state index < -0.39 is 0 Å². The molecule has 1 aliphatic rings. The summed E-state index contributed by atoms with van der Waals surface area (Å²) in [7, 11) is 0. The van der Waals surface area contributed by atoms with E-state index in [0.717, 1.165) is 42.0 Å². The first-order valence-electron chi connectivity index (χ1n) is 7.44. The zero-order chi connectivity index (χ0) is 14.9. The fraction of sp³-hybridized carbons (Fsp3) is 0.294. The average molecular weight is 295 g/mol. The SMILES string of the molecule is Cc1ccccc1OC1CN(Cc2cccc3nonc23)C1. The van der Waals surface area contributed by atoms with Gasteiger partial charge in [0.15, 0.2) is 0 Å². The number of hydrogen-bond donors (Lipinski definition) is 0. The van der Waals surface area contributed by atoms with Crippen LogP contribution in [0.25, 0.3) is 11.0 Å². The van der Waals surface area contributed by atoms with Gasteiger partial charge in [0.1, 0.15) is 22.9 Å². The van der Waals surface area contributed by atoms with E-state index in [1.807, 2.05) is 30.3 Å². The van der Waals surface area contributed by atoms with E-state index in [1.54, 1.807) is 0 Å². The van der Waals surface area contributed by atoms with Crippen LogP contribution in [0, 0.1) is 6.92 Å². The van der Waals surface area contributed by atoms with E-state index in [0.29, 0.717) is 0 Å². The number of nitrogens with zero attached hydrogens (tertiary/aromatic N) is 3. The summed E-state index contributed by atoms with van der Waals surface area (Å²) in [5, 5.41) is 7.87. The number of hydrogen-bond acceptors (Lipinski definition) is 5. The summed E-state index contributed by atoms with van der Waals surface area (Å²) in [5.41, 5.74) is 3.99. The molecule has 0 saturated carbocycles. The van der Waals surface area contributed by atoms with Crippen LogP contribution in [0.2, 0.25) is 0 Å². The van der Waals surface area contributed by atoms with Crippen molar-refractivity contribution in [3.8, 4) is 5.75 Å². The Hall–Kier alpha value is -2.40. The Morgan fingerprint density at radius 3 is 2.86 bits per heavy atom. The van der Waals surface area contributed by atoms with Crippen molar-refractivity contribution in [2.45, 2.75) is 19.6 Å². The Labute approximate surface area is 128 Å². The van der Waals surface area contributed by atoms with Crippen LogP contribution in [0.1, 0.15) is 11.1 Å². The molecule has 0 spiro atoms. The van der Waals surface area contributed by atoms with Crippen molar-refractivity contribution in [2.24, 2.45) is 0 Å². The van der Waals surface area contributed by atoms with Crippen LogP contribution >= 0.6 is 0 Å². The molecule has 0 bridgehead atoms. The summed E-state index contributed by atoms with van der Waals surface area (Å²) in [5.74, 6) is 0.981. The van der Waals surface area contributed by atoms with Gasteiger partial charge in [-0.1, -0.05) is 30.3 Å². The predicted molar refractivity (Wildman–Crippen MR) is 82.7 cm³/mol. The van der Waals surface area contributed by atoms with Gasteiger partial charge in [-0.05, 0) is 40.5 Å². The third-order valence-corrected chi connectivity index (χ3v) is 4.07. The third-order valence-electron chi connectivity index (χ3n) is 4.07. The molecule has 3 aromatic rings. The molecule has 5 heteroatoms. The molecule has 22 heavy (non-hydrogen) atoms. The lowest BCUT2D eigenvalue weighted by Gasteiger charge is -2.39. The highest BCUT2D eigenvalue weighted by Crippen LogP contribution is 2.24. The van der Waals surface area contributed by atoms with Crippen LogP contribution in [-0.4, -0.2) is 34.4 Å². The topological polar surface area (TPSA) is 51.4 Å². The first-order valence-corrected chi connectivity index (χ1v) is 7.44. The second-order valence-electron chi connectivity index (χ2n) is 5.75. The lowest BCUT2D eigenvalue weighted by Crippen LogP contribution is -2.53. The molecule has 0 N–H and O–H groups in total. The van der Waals surface area contributed by atoms with Gasteiger partial charge in [0.2, 0.25) is 0 Å². The minimum Gasteiger partial charge on any atom is -0.487 e. The molecule has 0 radical (unpaired) electrons. The Balaban J connectivity index is 1.38. The highest BCUT2D eigenvalue weighted by molar-refractivity contribution is 5.76. The molecule has 5 nitrogen and oxygen atoms in total. The number of aromatic nitrogens is 2. The number of ether oxygens (including phenoxy) is 1. The third kappa shape index (κ3) is 2.44. The number of rotatable bonds is 4. The fourth-order valence-electron chi connectivity index (χ4n) is 2.82. The minimum atomic E-state index is 0.260. The second-order valence-corrected chi connectivity index (χ2v) is 5.75. The molecule has 2 heterocycles. The molecule has 0 unspecified atom stereocenters. The van der Waals surface area contributed by atoms with Crippen molar-refractivity contribution in [1.82, 2.24) is 15.2 Å². The zero-order valence-electron chi connectivity index (χ0n) is 12.4. The van der Waals surface area contributed by atoms with E-state index in [-0.39, 0.29) is 6.10 Å². The van der Waals surface area contributed by atoms with E-state index in [2.05, 4.69) is 34.3 Å². The maximum atomic E-state index is 6.03. The van der Waals surface area contributed by atoms with E-state index >= 15 is 0 Å². The van der Waals surface area contributed by atoms with Crippen molar-refractivity contribution < 1.29 is 9.37 Å². The molecule has 1 aromatic heterocycles. The van der Waals surface area contributed by atoms with Crippen LogP contribution in [-0.2, 0) is 6.54 Å². The highest BCUT2D eigenvalue weighted by Gasteiger charge is 2.29. The van der Waals surface area contributed by atoms with E-state index in [9.17, 15) is 0 Å². The van der Waals surface area contributed by atoms with Crippen molar-refractivity contribution in [2.75, 3.05) is 13.1 Å². The quantitative estimate of drug-likeness (QED) is 0.741. The van der Waals surface area contributed by atoms with Crippen molar-refractivity contribution >= 4 is 11.0 Å². The summed E-state index contributed by atoms with van der Waals surface area (Å²) in [4.78, 5) is 2.34. The molecule has 2 aromatic carbocycles. The Morgan fingerprint density at radius 2 is 2.00 bits per heavy atom. The van der Waals surface area contributed by atoms with Gasteiger partial charge in [0, 0.05) is 19.6 Å². The normalized spacial score (nSPS) is 15.9. The van der Waals surface area contributed by atoms with Gasteiger partial charge >= 0.3 is 0 Å². The van der Waals surface area contributed by atoms with Gasteiger partial charge in [0.25, 0.3) is 0 Å². The summed E-state index contributed by atoms with van der Waals surface area (Å²) in [6.45, 7) is 4.77. The fourth-order valence-corrected chi connectivity index (χ4v) is 2.82. The summed E-state index contributed by atoms with van der Waals surface area (Å²) in [6.07, 6.45) is 0.260. The maximum Gasteiger partial charge on any atom is 0.139 e. The number of benzene rings is 2. The average Bonchev–Trinajstić information content (AvgIpc) is 2.96. The molecule has 0 amide bonds. The van der Waals surface area contributed by atoms with Crippen LogP contribution < -0.4 is 4.74 Å². The first kappa shape index (κ1) is 13.3. The predicted octanol–water partition coefficient (Wildman–Crippen LogP) is 2.79. The van der Waals surface area contributed by atoms with Crippen LogP contribution in [0.4, 0.5) is 0 Å². The van der Waals surface area contributed by atoms with Crippen LogP contribution in [0.5, 0.6) is 5.75 Å². The molecule has 1 fully saturated rings.